The number of aliphatic carboxylic acids is 1. The molecule has 2 heterocycles. The lowest BCUT2D eigenvalue weighted by Crippen LogP contribution is -2.42. The second-order valence-corrected chi connectivity index (χ2v) is 7.38. The molecule has 1 saturated heterocycles. The van der Waals surface area contributed by atoms with Crippen molar-refractivity contribution in [3.8, 4) is 0 Å². The maximum atomic E-state index is 13.0. The number of hydrogen-bond donors (Lipinski definition) is 1. The van der Waals surface area contributed by atoms with Crippen molar-refractivity contribution < 1.29 is 14.7 Å². The molecule has 5 nitrogen and oxygen atoms in total. The summed E-state index contributed by atoms with van der Waals surface area (Å²) in [5.41, 5.74) is 2.94. The molecule has 1 aromatic rings. The van der Waals surface area contributed by atoms with Crippen LogP contribution in [0.15, 0.2) is 6.07 Å². The van der Waals surface area contributed by atoms with E-state index in [2.05, 4.69) is 11.5 Å². The molecule has 1 atom stereocenters. The zero-order valence-corrected chi connectivity index (χ0v) is 14.8. The maximum Gasteiger partial charge on any atom is 0.308 e. The van der Waals surface area contributed by atoms with Gasteiger partial charge in [-0.05, 0) is 45.6 Å². The SMILES string of the molecule is Cc1cc(C(=O)N2CCCC(C(=O)O)C2)c(C)n1C1CCCCC1. The highest BCUT2D eigenvalue weighted by Gasteiger charge is 2.31. The Bertz CT molecular complexity index is 629. The van der Waals surface area contributed by atoms with Crippen LogP contribution in [-0.2, 0) is 4.79 Å². The third-order valence-electron chi connectivity index (χ3n) is 5.71. The lowest BCUT2D eigenvalue weighted by molar-refractivity contribution is -0.143. The average molecular weight is 332 g/mol. The van der Waals surface area contributed by atoms with Crippen molar-refractivity contribution in [3.05, 3.63) is 23.0 Å². The number of nitrogens with zero attached hydrogens (tertiary/aromatic N) is 2. The molecule has 1 saturated carbocycles. The van der Waals surface area contributed by atoms with Gasteiger partial charge in [0.05, 0.1) is 11.5 Å². The first-order chi connectivity index (χ1) is 11.5. The number of carboxylic acids is 1. The monoisotopic (exact) mass is 332 g/mol. The Morgan fingerprint density at radius 3 is 2.46 bits per heavy atom. The number of piperidine rings is 1. The second-order valence-electron chi connectivity index (χ2n) is 7.38. The zero-order valence-electron chi connectivity index (χ0n) is 14.8. The predicted molar refractivity (Wildman–Crippen MR) is 92.3 cm³/mol. The van der Waals surface area contributed by atoms with Crippen LogP contribution in [0.2, 0.25) is 0 Å². The minimum absolute atomic E-state index is 0.00360. The van der Waals surface area contributed by atoms with Crippen LogP contribution in [0.5, 0.6) is 0 Å². The molecular weight excluding hydrogens is 304 g/mol. The Morgan fingerprint density at radius 1 is 1.08 bits per heavy atom. The summed E-state index contributed by atoms with van der Waals surface area (Å²) in [6, 6.07) is 2.50. The van der Waals surface area contributed by atoms with E-state index in [9.17, 15) is 14.7 Å². The van der Waals surface area contributed by atoms with Crippen molar-refractivity contribution in [3.63, 3.8) is 0 Å². The van der Waals surface area contributed by atoms with Gasteiger partial charge in [0.25, 0.3) is 5.91 Å². The smallest absolute Gasteiger partial charge is 0.308 e. The summed E-state index contributed by atoms with van der Waals surface area (Å²) in [7, 11) is 0. The minimum Gasteiger partial charge on any atom is -0.481 e. The van der Waals surface area contributed by atoms with Crippen LogP contribution in [-0.4, -0.2) is 39.5 Å². The molecule has 0 bridgehead atoms. The van der Waals surface area contributed by atoms with Crippen molar-refractivity contribution in [2.45, 2.75) is 64.8 Å². The van der Waals surface area contributed by atoms with Gasteiger partial charge >= 0.3 is 5.97 Å². The van der Waals surface area contributed by atoms with Crippen LogP contribution in [0, 0.1) is 19.8 Å². The zero-order chi connectivity index (χ0) is 17.3. The number of carbonyl (C=O) groups excluding carboxylic acids is 1. The van der Waals surface area contributed by atoms with Gasteiger partial charge in [-0.3, -0.25) is 9.59 Å². The summed E-state index contributed by atoms with van der Waals surface area (Å²) in [6.07, 6.45) is 7.65. The molecular formula is C19H28N2O3. The molecule has 1 unspecified atom stereocenters. The molecule has 0 spiro atoms. The first kappa shape index (κ1) is 17.1. The molecule has 3 rings (SSSR count). The van der Waals surface area contributed by atoms with Crippen LogP contribution in [0.4, 0.5) is 0 Å². The molecule has 24 heavy (non-hydrogen) atoms. The summed E-state index contributed by atoms with van der Waals surface area (Å²) in [6.45, 7) is 5.11. The Morgan fingerprint density at radius 2 is 1.79 bits per heavy atom. The number of aromatic nitrogens is 1. The van der Waals surface area contributed by atoms with Crippen molar-refractivity contribution >= 4 is 11.9 Å². The van der Waals surface area contributed by atoms with Crippen molar-refractivity contribution in [2.24, 2.45) is 5.92 Å². The molecule has 1 N–H and O–H groups in total. The van der Waals surface area contributed by atoms with Crippen LogP contribution in [0.25, 0.3) is 0 Å². The van der Waals surface area contributed by atoms with E-state index < -0.39 is 11.9 Å². The third-order valence-corrected chi connectivity index (χ3v) is 5.71. The fourth-order valence-corrected chi connectivity index (χ4v) is 4.43. The van der Waals surface area contributed by atoms with Crippen LogP contribution < -0.4 is 0 Å². The number of rotatable bonds is 3. The van der Waals surface area contributed by atoms with E-state index in [4.69, 9.17) is 0 Å². The predicted octanol–water partition coefficient (Wildman–Crippen LogP) is 3.55. The number of hydrogen-bond acceptors (Lipinski definition) is 2. The molecule has 0 radical (unpaired) electrons. The Balaban J connectivity index is 1.81. The molecule has 0 aromatic carbocycles. The number of carboxylic acid groups (broad SMARTS) is 1. The summed E-state index contributed by atoms with van der Waals surface area (Å²) in [5.74, 6) is -1.22. The molecule has 1 amide bonds. The molecule has 132 valence electrons. The van der Waals surface area contributed by atoms with E-state index in [1.807, 2.05) is 13.0 Å². The number of amides is 1. The lowest BCUT2D eigenvalue weighted by atomic mass is 9.95. The van der Waals surface area contributed by atoms with Gasteiger partial charge in [-0.25, -0.2) is 0 Å². The largest absolute Gasteiger partial charge is 0.481 e. The minimum atomic E-state index is -0.792. The summed E-state index contributed by atoms with van der Waals surface area (Å²) >= 11 is 0. The van der Waals surface area contributed by atoms with Gasteiger partial charge in [-0.1, -0.05) is 19.3 Å². The number of carbonyl (C=O) groups is 2. The number of likely N-dealkylation sites (tertiary alicyclic amines) is 1. The molecule has 1 aliphatic heterocycles. The summed E-state index contributed by atoms with van der Waals surface area (Å²) in [5, 5.41) is 9.24. The van der Waals surface area contributed by atoms with E-state index in [1.165, 1.54) is 32.1 Å². The first-order valence-electron chi connectivity index (χ1n) is 9.19. The Labute approximate surface area is 143 Å². The number of aryl methyl sites for hydroxylation is 1. The highest BCUT2D eigenvalue weighted by molar-refractivity contribution is 5.96. The van der Waals surface area contributed by atoms with E-state index in [0.717, 1.165) is 23.4 Å². The normalized spacial score (nSPS) is 22.6. The van der Waals surface area contributed by atoms with Gasteiger partial charge in [0.2, 0.25) is 0 Å². The van der Waals surface area contributed by atoms with Gasteiger partial charge in [-0.2, -0.15) is 0 Å². The average Bonchev–Trinajstić information content (AvgIpc) is 2.89. The quantitative estimate of drug-likeness (QED) is 0.921. The summed E-state index contributed by atoms with van der Waals surface area (Å²) in [4.78, 5) is 25.9. The lowest BCUT2D eigenvalue weighted by Gasteiger charge is -2.31. The van der Waals surface area contributed by atoms with E-state index >= 15 is 0 Å². The van der Waals surface area contributed by atoms with Gasteiger partial charge < -0.3 is 14.6 Å². The maximum absolute atomic E-state index is 13.0. The second kappa shape index (κ2) is 6.99. The van der Waals surface area contributed by atoms with Gasteiger partial charge in [-0.15, -0.1) is 0 Å². The van der Waals surface area contributed by atoms with Gasteiger partial charge in [0.15, 0.2) is 0 Å². The van der Waals surface area contributed by atoms with E-state index in [-0.39, 0.29) is 5.91 Å². The van der Waals surface area contributed by atoms with Gasteiger partial charge in [0, 0.05) is 30.5 Å². The fraction of sp³-hybridized carbons (Fsp3) is 0.684. The molecule has 1 aromatic heterocycles. The van der Waals surface area contributed by atoms with Gasteiger partial charge in [0.1, 0.15) is 0 Å². The van der Waals surface area contributed by atoms with Crippen molar-refractivity contribution in [1.82, 2.24) is 9.47 Å². The standard InChI is InChI=1S/C19H28N2O3/c1-13-11-17(14(2)21(13)16-8-4-3-5-9-16)18(22)20-10-6-7-15(12-20)19(23)24/h11,15-16H,3-10,12H2,1-2H3,(H,23,24). The topological polar surface area (TPSA) is 62.5 Å². The first-order valence-corrected chi connectivity index (χ1v) is 9.19. The van der Waals surface area contributed by atoms with Crippen LogP contribution in [0.3, 0.4) is 0 Å². The van der Waals surface area contributed by atoms with Crippen molar-refractivity contribution in [1.29, 1.82) is 0 Å². The highest BCUT2D eigenvalue weighted by Crippen LogP contribution is 2.32. The van der Waals surface area contributed by atoms with Crippen molar-refractivity contribution in [2.75, 3.05) is 13.1 Å². The third kappa shape index (κ3) is 3.21. The summed E-state index contributed by atoms with van der Waals surface area (Å²) < 4.78 is 2.34. The fourth-order valence-electron chi connectivity index (χ4n) is 4.43. The van der Waals surface area contributed by atoms with Crippen LogP contribution in [0.1, 0.15) is 72.7 Å². The van der Waals surface area contributed by atoms with E-state index in [1.54, 1.807) is 4.90 Å². The molecule has 5 heteroatoms. The van der Waals surface area contributed by atoms with E-state index in [0.29, 0.717) is 25.6 Å². The molecule has 2 aliphatic rings. The Kier molecular flexibility index (Phi) is 4.97. The molecule has 2 fully saturated rings. The molecule has 1 aliphatic carbocycles. The van der Waals surface area contributed by atoms with Crippen LogP contribution >= 0.6 is 0 Å². The highest BCUT2D eigenvalue weighted by atomic mass is 16.4. The Hall–Kier alpha value is -1.78.